The second kappa shape index (κ2) is 9.00. The van der Waals surface area contributed by atoms with E-state index in [0.717, 1.165) is 44.4 Å². The molecule has 1 fully saturated rings. The van der Waals surface area contributed by atoms with Crippen LogP contribution in [0.3, 0.4) is 0 Å². The second-order valence-corrected chi connectivity index (χ2v) is 5.94. The SMILES string of the molecule is CC(Oc1cncc(CCCCCCO)c1)[C@@H]1CCCN1. The maximum atomic E-state index is 8.76. The van der Waals surface area contributed by atoms with Gasteiger partial charge in [0.05, 0.1) is 6.20 Å². The minimum absolute atomic E-state index is 0.189. The molecule has 4 nitrogen and oxygen atoms in total. The lowest BCUT2D eigenvalue weighted by atomic mass is 10.1. The lowest BCUT2D eigenvalue weighted by Crippen LogP contribution is -2.36. The molecule has 2 N–H and O–H groups in total. The quantitative estimate of drug-likeness (QED) is 0.687. The van der Waals surface area contributed by atoms with Crippen LogP contribution in [-0.2, 0) is 6.42 Å². The minimum atomic E-state index is 0.189. The number of pyridine rings is 1. The van der Waals surface area contributed by atoms with E-state index in [-0.39, 0.29) is 6.10 Å². The summed E-state index contributed by atoms with van der Waals surface area (Å²) in [4.78, 5) is 4.29. The van der Waals surface area contributed by atoms with E-state index in [9.17, 15) is 0 Å². The van der Waals surface area contributed by atoms with E-state index < -0.39 is 0 Å². The van der Waals surface area contributed by atoms with E-state index in [4.69, 9.17) is 9.84 Å². The molecule has 0 aliphatic carbocycles. The number of nitrogens with zero attached hydrogens (tertiary/aromatic N) is 1. The first-order chi connectivity index (χ1) is 10.3. The Kier molecular flexibility index (Phi) is 6.96. The van der Waals surface area contributed by atoms with Crippen LogP contribution in [0.15, 0.2) is 18.5 Å². The van der Waals surface area contributed by atoms with Crippen molar-refractivity contribution in [3.8, 4) is 5.75 Å². The molecule has 1 aliphatic heterocycles. The van der Waals surface area contributed by atoms with Gasteiger partial charge in [-0.05, 0) is 57.2 Å². The zero-order chi connectivity index (χ0) is 14.9. The highest BCUT2D eigenvalue weighted by Crippen LogP contribution is 2.18. The van der Waals surface area contributed by atoms with E-state index in [0.29, 0.717) is 12.6 Å². The van der Waals surface area contributed by atoms with Gasteiger partial charge in [-0.25, -0.2) is 0 Å². The topological polar surface area (TPSA) is 54.4 Å². The summed E-state index contributed by atoms with van der Waals surface area (Å²) in [5.74, 6) is 0.879. The van der Waals surface area contributed by atoms with Gasteiger partial charge in [-0.2, -0.15) is 0 Å². The highest BCUT2D eigenvalue weighted by molar-refractivity contribution is 5.24. The van der Waals surface area contributed by atoms with Crippen LogP contribution in [0.4, 0.5) is 0 Å². The van der Waals surface area contributed by atoms with E-state index in [1.165, 1.54) is 18.4 Å². The molecule has 0 bridgehead atoms. The van der Waals surface area contributed by atoms with E-state index in [1.807, 2.05) is 6.20 Å². The fourth-order valence-electron chi connectivity index (χ4n) is 2.87. The Labute approximate surface area is 127 Å². The number of aliphatic hydroxyl groups is 1. The summed E-state index contributed by atoms with van der Waals surface area (Å²) in [7, 11) is 0. The molecule has 1 aliphatic rings. The molecule has 2 heterocycles. The van der Waals surface area contributed by atoms with Crippen molar-refractivity contribution in [2.75, 3.05) is 13.2 Å². The molecule has 0 spiro atoms. The molecule has 1 aromatic rings. The molecular formula is C17H28N2O2. The van der Waals surface area contributed by atoms with Crippen molar-refractivity contribution in [1.29, 1.82) is 0 Å². The van der Waals surface area contributed by atoms with Gasteiger partial charge in [0, 0.05) is 18.8 Å². The summed E-state index contributed by atoms with van der Waals surface area (Å²) in [6.45, 7) is 3.53. The van der Waals surface area contributed by atoms with Crippen molar-refractivity contribution in [1.82, 2.24) is 10.3 Å². The van der Waals surface area contributed by atoms with Gasteiger partial charge >= 0.3 is 0 Å². The summed E-state index contributed by atoms with van der Waals surface area (Å²) < 4.78 is 6.03. The lowest BCUT2D eigenvalue weighted by molar-refractivity contribution is 0.179. The third-order valence-electron chi connectivity index (χ3n) is 4.13. The maximum absolute atomic E-state index is 8.76. The molecule has 1 unspecified atom stereocenters. The summed E-state index contributed by atoms with van der Waals surface area (Å²) in [5, 5.41) is 12.2. The molecule has 21 heavy (non-hydrogen) atoms. The number of aliphatic hydroxyl groups excluding tert-OH is 1. The molecule has 2 rings (SSSR count). The standard InChI is InChI=1S/C17H28N2O2/c1-14(17-8-6-9-19-17)21-16-11-15(12-18-13-16)7-4-2-3-5-10-20/h11-14,17,19-20H,2-10H2,1H3/t14?,17-/m0/s1. The van der Waals surface area contributed by atoms with Gasteiger partial charge in [0.15, 0.2) is 0 Å². The molecule has 0 amide bonds. The summed E-state index contributed by atoms with van der Waals surface area (Å²) in [6.07, 6.45) is 11.7. The monoisotopic (exact) mass is 292 g/mol. The first-order valence-corrected chi connectivity index (χ1v) is 8.24. The van der Waals surface area contributed by atoms with Crippen LogP contribution < -0.4 is 10.1 Å². The van der Waals surface area contributed by atoms with Crippen molar-refractivity contribution in [3.63, 3.8) is 0 Å². The number of unbranched alkanes of at least 4 members (excludes halogenated alkanes) is 3. The van der Waals surface area contributed by atoms with Gasteiger partial charge in [0.1, 0.15) is 11.9 Å². The van der Waals surface area contributed by atoms with Crippen molar-refractivity contribution < 1.29 is 9.84 Å². The largest absolute Gasteiger partial charge is 0.487 e. The summed E-state index contributed by atoms with van der Waals surface area (Å²) in [5.41, 5.74) is 1.24. The molecule has 0 radical (unpaired) electrons. The van der Waals surface area contributed by atoms with Crippen LogP contribution in [0.25, 0.3) is 0 Å². The predicted octanol–water partition coefficient (Wildman–Crippen LogP) is 2.70. The molecule has 118 valence electrons. The fraction of sp³-hybridized carbons (Fsp3) is 0.706. The number of hydrogen-bond acceptors (Lipinski definition) is 4. The average Bonchev–Trinajstić information content (AvgIpc) is 3.02. The number of nitrogens with one attached hydrogen (secondary N) is 1. The Morgan fingerprint density at radius 2 is 2.19 bits per heavy atom. The summed E-state index contributed by atoms with van der Waals surface area (Å²) >= 11 is 0. The highest BCUT2D eigenvalue weighted by atomic mass is 16.5. The third-order valence-corrected chi connectivity index (χ3v) is 4.13. The van der Waals surface area contributed by atoms with E-state index in [1.54, 1.807) is 6.20 Å². The minimum Gasteiger partial charge on any atom is -0.487 e. The molecule has 2 atom stereocenters. The number of hydrogen-bond donors (Lipinski definition) is 2. The van der Waals surface area contributed by atoms with Crippen molar-refractivity contribution in [2.45, 2.75) is 64.0 Å². The van der Waals surface area contributed by atoms with Gasteiger partial charge < -0.3 is 15.2 Å². The molecule has 0 saturated carbocycles. The first kappa shape index (κ1) is 16.2. The van der Waals surface area contributed by atoms with Crippen LogP contribution in [-0.4, -0.2) is 35.4 Å². The molecular weight excluding hydrogens is 264 g/mol. The highest BCUT2D eigenvalue weighted by Gasteiger charge is 2.22. The number of aromatic nitrogens is 1. The van der Waals surface area contributed by atoms with Crippen LogP contribution >= 0.6 is 0 Å². The van der Waals surface area contributed by atoms with E-state index in [2.05, 4.69) is 23.3 Å². The van der Waals surface area contributed by atoms with Gasteiger partial charge in [0.25, 0.3) is 0 Å². The predicted molar refractivity (Wildman–Crippen MR) is 84.6 cm³/mol. The zero-order valence-corrected chi connectivity index (χ0v) is 13.1. The van der Waals surface area contributed by atoms with Gasteiger partial charge in [-0.1, -0.05) is 12.8 Å². The van der Waals surface area contributed by atoms with Crippen molar-refractivity contribution in [2.24, 2.45) is 0 Å². The summed E-state index contributed by atoms with van der Waals surface area (Å²) in [6, 6.07) is 2.58. The molecule has 1 aromatic heterocycles. The molecule has 1 saturated heterocycles. The fourth-order valence-corrected chi connectivity index (χ4v) is 2.87. The Hall–Kier alpha value is -1.13. The van der Waals surface area contributed by atoms with Gasteiger partial charge in [-0.15, -0.1) is 0 Å². The van der Waals surface area contributed by atoms with Crippen molar-refractivity contribution >= 4 is 0 Å². The Morgan fingerprint density at radius 1 is 1.33 bits per heavy atom. The zero-order valence-electron chi connectivity index (χ0n) is 13.1. The lowest BCUT2D eigenvalue weighted by Gasteiger charge is -2.21. The van der Waals surface area contributed by atoms with Crippen LogP contribution in [0, 0.1) is 0 Å². The Morgan fingerprint density at radius 3 is 2.95 bits per heavy atom. The number of ether oxygens (including phenoxy) is 1. The van der Waals surface area contributed by atoms with Crippen molar-refractivity contribution in [3.05, 3.63) is 24.0 Å². The van der Waals surface area contributed by atoms with E-state index >= 15 is 0 Å². The molecule has 4 heteroatoms. The van der Waals surface area contributed by atoms with Crippen LogP contribution in [0.2, 0.25) is 0 Å². The number of rotatable bonds is 9. The first-order valence-electron chi connectivity index (χ1n) is 8.24. The number of aryl methyl sites for hydroxylation is 1. The average molecular weight is 292 g/mol. The maximum Gasteiger partial charge on any atom is 0.138 e. The second-order valence-electron chi connectivity index (χ2n) is 5.94. The Balaban J connectivity index is 1.77. The van der Waals surface area contributed by atoms with Crippen LogP contribution in [0.1, 0.15) is 51.0 Å². The smallest absolute Gasteiger partial charge is 0.138 e. The normalized spacial score (nSPS) is 19.6. The third kappa shape index (κ3) is 5.64. The molecule has 0 aromatic carbocycles. The van der Waals surface area contributed by atoms with Gasteiger partial charge in [0.2, 0.25) is 0 Å². The Bertz CT molecular complexity index is 406. The van der Waals surface area contributed by atoms with Crippen LogP contribution in [0.5, 0.6) is 5.75 Å². The van der Waals surface area contributed by atoms with Gasteiger partial charge in [-0.3, -0.25) is 4.98 Å².